The van der Waals surface area contributed by atoms with Gasteiger partial charge in [-0.2, -0.15) is 5.10 Å². The molecule has 0 radical (unpaired) electrons. The minimum atomic E-state index is -0.255. The summed E-state index contributed by atoms with van der Waals surface area (Å²) in [6, 6.07) is 8.66. The van der Waals surface area contributed by atoms with Gasteiger partial charge in [-0.1, -0.05) is 39.0 Å². The molecule has 2 bridgehead atoms. The lowest BCUT2D eigenvalue weighted by Gasteiger charge is -2.33. The van der Waals surface area contributed by atoms with Crippen LogP contribution in [0.3, 0.4) is 0 Å². The van der Waals surface area contributed by atoms with Gasteiger partial charge in [0, 0.05) is 17.0 Å². The third kappa shape index (κ3) is 1.93. The van der Waals surface area contributed by atoms with E-state index in [0.717, 1.165) is 5.69 Å². The van der Waals surface area contributed by atoms with Gasteiger partial charge >= 0.3 is 0 Å². The van der Waals surface area contributed by atoms with Crippen molar-refractivity contribution in [1.82, 2.24) is 10.2 Å². The van der Waals surface area contributed by atoms with Crippen molar-refractivity contribution in [2.24, 2.45) is 5.41 Å². The summed E-state index contributed by atoms with van der Waals surface area (Å²) in [7, 11) is 0. The number of hydrogen-bond acceptors (Lipinski definition) is 3. The van der Waals surface area contributed by atoms with Crippen molar-refractivity contribution in [3.05, 3.63) is 53.0 Å². The predicted octanol–water partition coefficient (Wildman–Crippen LogP) is 4.37. The molecule has 1 heterocycles. The summed E-state index contributed by atoms with van der Waals surface area (Å²) in [6.07, 6.45) is 2.36. The molecule has 1 aromatic heterocycles. The van der Waals surface area contributed by atoms with E-state index < -0.39 is 0 Å². The quantitative estimate of drug-likeness (QED) is 0.844. The number of fused-ring (bicyclic) bond motifs is 5. The van der Waals surface area contributed by atoms with Gasteiger partial charge < -0.3 is 4.74 Å². The summed E-state index contributed by atoms with van der Waals surface area (Å²) in [5, 5.41) is 8.71. The lowest BCUT2D eigenvalue weighted by molar-refractivity contribution is 0.226. The molecule has 2 aliphatic rings. The molecule has 0 saturated heterocycles. The number of aromatic nitrogens is 2. The second kappa shape index (κ2) is 4.76. The van der Waals surface area contributed by atoms with Crippen LogP contribution >= 0.6 is 0 Å². The molecule has 0 N–H and O–H groups in total. The highest BCUT2D eigenvalue weighted by atomic mass is 19.1. The van der Waals surface area contributed by atoms with E-state index in [1.807, 2.05) is 6.07 Å². The Morgan fingerprint density at radius 1 is 1.22 bits per heavy atom. The smallest absolute Gasteiger partial charge is 0.234 e. The number of halogens is 1. The summed E-state index contributed by atoms with van der Waals surface area (Å²) in [4.78, 5) is 0. The normalized spacial score (nSPS) is 27.0. The van der Waals surface area contributed by atoms with E-state index >= 15 is 0 Å². The lowest BCUT2D eigenvalue weighted by atomic mass is 9.70. The zero-order chi connectivity index (χ0) is 16.2. The Kier molecular flexibility index (Phi) is 3.03. The van der Waals surface area contributed by atoms with Crippen LogP contribution in [0.2, 0.25) is 0 Å². The molecule has 2 aliphatic carbocycles. The van der Waals surface area contributed by atoms with Crippen LogP contribution in [0.5, 0.6) is 5.88 Å². The van der Waals surface area contributed by atoms with Gasteiger partial charge in [-0.25, -0.2) is 4.39 Å². The fourth-order valence-corrected chi connectivity index (χ4v) is 4.39. The van der Waals surface area contributed by atoms with Crippen LogP contribution in [0.1, 0.15) is 56.4 Å². The first-order chi connectivity index (χ1) is 10.9. The molecule has 2 atom stereocenters. The Bertz CT molecular complexity index is 774. The Hall–Kier alpha value is -1.97. The van der Waals surface area contributed by atoms with Crippen molar-refractivity contribution >= 4 is 0 Å². The SMILES string of the molecule is CC1(C)[C@H]2CC[C@]1(C)c1nnc(OCc3ccccc3F)cc12. The molecule has 1 saturated carbocycles. The highest BCUT2D eigenvalue weighted by Gasteiger charge is 2.60. The molecule has 23 heavy (non-hydrogen) atoms. The van der Waals surface area contributed by atoms with Crippen LogP contribution in [0.4, 0.5) is 4.39 Å². The maximum atomic E-state index is 13.7. The second-order valence-corrected chi connectivity index (χ2v) is 7.51. The van der Waals surface area contributed by atoms with E-state index in [4.69, 9.17) is 4.74 Å². The average Bonchev–Trinajstić information content (AvgIpc) is 2.86. The molecule has 0 spiro atoms. The molecule has 2 aromatic rings. The van der Waals surface area contributed by atoms with Gasteiger partial charge in [0.1, 0.15) is 12.4 Å². The highest BCUT2D eigenvalue weighted by Crippen LogP contribution is 2.67. The maximum Gasteiger partial charge on any atom is 0.234 e. The minimum Gasteiger partial charge on any atom is -0.472 e. The minimum absolute atomic E-state index is 0.101. The molecule has 0 amide bonds. The molecule has 120 valence electrons. The van der Waals surface area contributed by atoms with Gasteiger partial charge in [-0.15, -0.1) is 5.10 Å². The lowest BCUT2D eigenvalue weighted by Crippen LogP contribution is -2.32. The zero-order valence-corrected chi connectivity index (χ0v) is 13.8. The first-order valence-corrected chi connectivity index (χ1v) is 8.18. The topological polar surface area (TPSA) is 35.0 Å². The molecular weight excluding hydrogens is 291 g/mol. The molecule has 0 unspecified atom stereocenters. The fourth-order valence-electron chi connectivity index (χ4n) is 4.39. The molecule has 3 nitrogen and oxygen atoms in total. The summed E-state index contributed by atoms with van der Waals surface area (Å²) in [5.74, 6) is 0.738. The summed E-state index contributed by atoms with van der Waals surface area (Å²) in [5.41, 5.74) is 3.22. The van der Waals surface area contributed by atoms with E-state index in [9.17, 15) is 4.39 Å². The molecule has 1 aromatic carbocycles. The van der Waals surface area contributed by atoms with Crippen molar-refractivity contribution in [3.63, 3.8) is 0 Å². The van der Waals surface area contributed by atoms with Crippen LogP contribution < -0.4 is 4.74 Å². The van der Waals surface area contributed by atoms with Crippen molar-refractivity contribution in [2.45, 2.75) is 51.6 Å². The number of hydrogen-bond donors (Lipinski definition) is 0. The third-order valence-corrected chi connectivity index (χ3v) is 6.26. The van der Waals surface area contributed by atoms with Crippen LogP contribution in [0.15, 0.2) is 30.3 Å². The second-order valence-electron chi connectivity index (χ2n) is 7.51. The molecule has 0 aliphatic heterocycles. The maximum absolute atomic E-state index is 13.7. The number of ether oxygens (including phenoxy) is 1. The monoisotopic (exact) mass is 312 g/mol. The third-order valence-electron chi connectivity index (χ3n) is 6.26. The Morgan fingerprint density at radius 2 is 2.00 bits per heavy atom. The number of benzene rings is 1. The van der Waals surface area contributed by atoms with E-state index in [-0.39, 0.29) is 23.3 Å². The van der Waals surface area contributed by atoms with Crippen LogP contribution in [0.25, 0.3) is 0 Å². The van der Waals surface area contributed by atoms with Gasteiger partial charge in [0.05, 0.1) is 5.69 Å². The number of nitrogens with zero attached hydrogens (tertiary/aromatic N) is 2. The van der Waals surface area contributed by atoms with Gasteiger partial charge in [0.25, 0.3) is 0 Å². The van der Waals surface area contributed by atoms with Crippen molar-refractivity contribution < 1.29 is 9.13 Å². The predicted molar refractivity (Wildman–Crippen MR) is 85.9 cm³/mol. The molecule has 1 fully saturated rings. The Morgan fingerprint density at radius 3 is 2.78 bits per heavy atom. The van der Waals surface area contributed by atoms with Crippen molar-refractivity contribution in [1.29, 1.82) is 0 Å². The highest BCUT2D eigenvalue weighted by molar-refractivity contribution is 5.45. The standard InChI is InChI=1S/C19H21FN2O/c1-18(2)14-8-9-19(18,3)17-13(14)10-16(21-22-17)23-11-12-6-4-5-7-15(12)20/h4-7,10,14H,8-9,11H2,1-3H3/t14-,19+/m0/s1. The van der Waals surface area contributed by atoms with Crippen molar-refractivity contribution in [3.8, 4) is 5.88 Å². The van der Waals surface area contributed by atoms with E-state index in [2.05, 4.69) is 31.0 Å². The molecule has 4 heteroatoms. The average molecular weight is 312 g/mol. The molecular formula is C19H21FN2O. The van der Waals surface area contributed by atoms with Crippen LogP contribution in [0, 0.1) is 11.2 Å². The summed E-state index contributed by atoms with van der Waals surface area (Å²) >= 11 is 0. The van der Waals surface area contributed by atoms with Crippen molar-refractivity contribution in [2.75, 3.05) is 0 Å². The first-order valence-electron chi connectivity index (χ1n) is 8.18. The fraction of sp³-hybridized carbons (Fsp3) is 0.474. The van der Waals surface area contributed by atoms with Crippen LogP contribution in [-0.4, -0.2) is 10.2 Å². The Labute approximate surface area is 135 Å². The number of rotatable bonds is 3. The summed E-state index contributed by atoms with van der Waals surface area (Å²) in [6.45, 7) is 7.12. The van der Waals surface area contributed by atoms with Gasteiger partial charge in [0.2, 0.25) is 5.88 Å². The van der Waals surface area contributed by atoms with Gasteiger partial charge in [-0.3, -0.25) is 0 Å². The molecule has 4 rings (SSSR count). The van der Waals surface area contributed by atoms with E-state index in [1.165, 1.54) is 24.5 Å². The summed E-state index contributed by atoms with van der Waals surface area (Å²) < 4.78 is 19.4. The largest absolute Gasteiger partial charge is 0.472 e. The van der Waals surface area contributed by atoms with E-state index in [0.29, 0.717) is 17.4 Å². The Balaban J connectivity index is 1.61. The van der Waals surface area contributed by atoms with Crippen LogP contribution in [-0.2, 0) is 12.0 Å². The first kappa shape index (κ1) is 14.6. The van der Waals surface area contributed by atoms with Gasteiger partial charge in [-0.05, 0) is 35.8 Å². The zero-order valence-electron chi connectivity index (χ0n) is 13.8. The van der Waals surface area contributed by atoms with Gasteiger partial charge in [0.15, 0.2) is 0 Å². The van der Waals surface area contributed by atoms with E-state index in [1.54, 1.807) is 18.2 Å².